The van der Waals surface area contributed by atoms with Crippen LogP contribution in [0.5, 0.6) is 17.2 Å². The Bertz CT molecular complexity index is 1070. The van der Waals surface area contributed by atoms with E-state index < -0.39 is 5.91 Å². The molecule has 0 aliphatic rings. The zero-order valence-electron chi connectivity index (χ0n) is 17.4. The molecule has 3 aromatic carbocycles. The first-order valence-electron chi connectivity index (χ1n) is 9.88. The van der Waals surface area contributed by atoms with Crippen LogP contribution in [0.2, 0.25) is 5.02 Å². The molecule has 0 saturated carbocycles. The molecule has 0 fully saturated rings. The lowest BCUT2D eigenvalue weighted by atomic mass is 10.2. The summed E-state index contributed by atoms with van der Waals surface area (Å²) in [6, 6.07) is 18.3. The largest absolute Gasteiger partial charge is 0.490 e. The van der Waals surface area contributed by atoms with Crippen LogP contribution in [-0.2, 0) is 11.4 Å². The fourth-order valence-corrected chi connectivity index (χ4v) is 2.84. The Balaban J connectivity index is 1.55. The molecule has 166 valence electrons. The van der Waals surface area contributed by atoms with Gasteiger partial charge in [-0.2, -0.15) is 5.10 Å². The van der Waals surface area contributed by atoms with Crippen LogP contribution >= 0.6 is 11.6 Å². The topological polar surface area (TPSA) is 69.2 Å². The van der Waals surface area contributed by atoms with Crippen LogP contribution < -0.4 is 19.6 Å². The van der Waals surface area contributed by atoms with Crippen molar-refractivity contribution in [1.82, 2.24) is 5.43 Å². The van der Waals surface area contributed by atoms with Gasteiger partial charge in [-0.1, -0.05) is 35.9 Å². The van der Waals surface area contributed by atoms with Crippen molar-refractivity contribution in [1.29, 1.82) is 0 Å². The Morgan fingerprint density at radius 1 is 1.00 bits per heavy atom. The number of hydrazone groups is 1. The molecule has 32 heavy (non-hydrogen) atoms. The molecule has 0 bridgehead atoms. The van der Waals surface area contributed by atoms with Crippen LogP contribution in [-0.4, -0.2) is 25.3 Å². The maximum Gasteiger partial charge on any atom is 0.277 e. The number of amides is 1. The second-order valence-electron chi connectivity index (χ2n) is 6.57. The second kappa shape index (κ2) is 11.7. The number of carbonyl (C=O) groups excluding carboxylic acids is 1. The number of nitrogens with one attached hydrogen (secondary N) is 1. The van der Waals surface area contributed by atoms with Crippen molar-refractivity contribution < 1.29 is 23.4 Å². The molecule has 1 amide bonds. The maximum absolute atomic E-state index is 13.0. The Morgan fingerprint density at radius 2 is 1.78 bits per heavy atom. The van der Waals surface area contributed by atoms with Crippen molar-refractivity contribution in [2.75, 3.05) is 13.2 Å². The molecule has 0 heterocycles. The van der Waals surface area contributed by atoms with E-state index in [9.17, 15) is 9.18 Å². The van der Waals surface area contributed by atoms with E-state index in [1.165, 1.54) is 18.3 Å². The van der Waals surface area contributed by atoms with E-state index >= 15 is 0 Å². The summed E-state index contributed by atoms with van der Waals surface area (Å²) in [5.41, 5.74) is 3.94. The van der Waals surface area contributed by atoms with Gasteiger partial charge >= 0.3 is 0 Å². The number of carbonyl (C=O) groups is 1. The third kappa shape index (κ3) is 6.99. The highest BCUT2D eigenvalue weighted by Gasteiger charge is 2.08. The van der Waals surface area contributed by atoms with E-state index in [2.05, 4.69) is 10.5 Å². The van der Waals surface area contributed by atoms with E-state index in [1.807, 2.05) is 6.92 Å². The van der Waals surface area contributed by atoms with Crippen LogP contribution in [0.3, 0.4) is 0 Å². The molecule has 0 aliphatic heterocycles. The Morgan fingerprint density at radius 3 is 2.53 bits per heavy atom. The van der Waals surface area contributed by atoms with Crippen LogP contribution in [0, 0.1) is 5.82 Å². The number of nitrogens with zero attached hydrogens (tertiary/aromatic N) is 1. The van der Waals surface area contributed by atoms with Gasteiger partial charge in [0.05, 0.1) is 17.8 Å². The third-order valence-corrected chi connectivity index (χ3v) is 4.49. The summed E-state index contributed by atoms with van der Waals surface area (Å²) >= 11 is 5.99. The molecule has 8 heteroatoms. The van der Waals surface area contributed by atoms with Gasteiger partial charge in [0.25, 0.3) is 5.91 Å². The van der Waals surface area contributed by atoms with Crippen molar-refractivity contribution in [3.8, 4) is 17.2 Å². The van der Waals surface area contributed by atoms with Crippen molar-refractivity contribution in [2.45, 2.75) is 13.5 Å². The van der Waals surface area contributed by atoms with Crippen molar-refractivity contribution in [3.05, 3.63) is 88.7 Å². The van der Waals surface area contributed by atoms with E-state index in [0.717, 1.165) is 5.56 Å². The van der Waals surface area contributed by atoms with Crippen LogP contribution in [0.1, 0.15) is 18.1 Å². The molecule has 0 unspecified atom stereocenters. The van der Waals surface area contributed by atoms with Crippen molar-refractivity contribution in [3.63, 3.8) is 0 Å². The van der Waals surface area contributed by atoms with E-state index in [0.29, 0.717) is 34.4 Å². The second-order valence-corrected chi connectivity index (χ2v) is 6.97. The first-order valence-corrected chi connectivity index (χ1v) is 10.3. The molecule has 0 aromatic heterocycles. The van der Waals surface area contributed by atoms with E-state index in [1.54, 1.807) is 54.6 Å². The number of rotatable bonds is 10. The van der Waals surface area contributed by atoms with Crippen LogP contribution in [0.4, 0.5) is 4.39 Å². The lowest BCUT2D eigenvalue weighted by Gasteiger charge is -2.12. The van der Waals surface area contributed by atoms with Gasteiger partial charge in [-0.05, 0) is 60.5 Å². The predicted octanol–water partition coefficient (Wildman–Crippen LogP) is 4.99. The minimum Gasteiger partial charge on any atom is -0.490 e. The smallest absolute Gasteiger partial charge is 0.277 e. The quantitative estimate of drug-likeness (QED) is 0.345. The average Bonchev–Trinajstić information content (AvgIpc) is 2.79. The van der Waals surface area contributed by atoms with Crippen molar-refractivity contribution in [2.24, 2.45) is 5.10 Å². The Labute approximate surface area is 190 Å². The monoisotopic (exact) mass is 456 g/mol. The minimum atomic E-state index is -0.426. The lowest BCUT2D eigenvalue weighted by molar-refractivity contribution is -0.123. The van der Waals surface area contributed by atoms with Gasteiger partial charge < -0.3 is 14.2 Å². The third-order valence-electron chi connectivity index (χ3n) is 4.17. The Hall–Kier alpha value is -3.58. The number of para-hydroxylation sites is 1. The van der Waals surface area contributed by atoms with Gasteiger partial charge in [0.15, 0.2) is 18.1 Å². The SMILES string of the molecule is CCOc1cc(/C=N\NC(=O)COc2ccccc2Cl)ccc1OCc1ccc(F)cc1. The highest BCUT2D eigenvalue weighted by atomic mass is 35.5. The van der Waals surface area contributed by atoms with Gasteiger partial charge in [-0.15, -0.1) is 0 Å². The van der Waals surface area contributed by atoms with Gasteiger partial charge in [0.1, 0.15) is 18.2 Å². The first-order chi connectivity index (χ1) is 15.5. The molecular formula is C24H22ClFN2O4. The molecular weight excluding hydrogens is 435 g/mol. The molecule has 1 N–H and O–H groups in total. The first kappa shape index (κ1) is 23.1. The number of ether oxygens (including phenoxy) is 3. The molecule has 0 radical (unpaired) electrons. The maximum atomic E-state index is 13.0. The molecule has 6 nitrogen and oxygen atoms in total. The summed E-state index contributed by atoms with van der Waals surface area (Å²) in [6.45, 7) is 2.37. The molecule has 3 aromatic rings. The van der Waals surface area contributed by atoms with Gasteiger partial charge in [-0.3, -0.25) is 4.79 Å². The molecule has 0 spiro atoms. The number of halogens is 2. The number of hydrogen-bond acceptors (Lipinski definition) is 5. The average molecular weight is 457 g/mol. The fraction of sp³-hybridized carbons (Fsp3) is 0.167. The summed E-state index contributed by atoms with van der Waals surface area (Å²) < 4.78 is 29.9. The van der Waals surface area contributed by atoms with E-state index in [4.69, 9.17) is 25.8 Å². The van der Waals surface area contributed by atoms with Gasteiger partial charge in [0.2, 0.25) is 0 Å². The zero-order valence-corrected chi connectivity index (χ0v) is 18.1. The predicted molar refractivity (Wildman–Crippen MR) is 121 cm³/mol. The molecule has 0 atom stereocenters. The minimum absolute atomic E-state index is 0.221. The summed E-state index contributed by atoms with van der Waals surface area (Å²) in [4.78, 5) is 11.9. The fourth-order valence-electron chi connectivity index (χ4n) is 2.65. The lowest BCUT2D eigenvalue weighted by Crippen LogP contribution is -2.24. The summed E-state index contributed by atoms with van der Waals surface area (Å²) in [5.74, 6) is 0.781. The van der Waals surface area contributed by atoms with Gasteiger partial charge in [0, 0.05) is 0 Å². The summed E-state index contributed by atoms with van der Waals surface area (Å²) in [6.07, 6.45) is 1.49. The summed E-state index contributed by atoms with van der Waals surface area (Å²) in [5, 5.41) is 4.36. The summed E-state index contributed by atoms with van der Waals surface area (Å²) in [7, 11) is 0. The highest BCUT2D eigenvalue weighted by molar-refractivity contribution is 6.32. The normalized spacial score (nSPS) is 10.7. The standard InChI is InChI=1S/C24H22ClFN2O4/c1-2-30-23-13-18(9-12-22(23)31-15-17-7-10-19(26)11-8-17)14-27-28-24(29)16-32-21-6-4-3-5-20(21)25/h3-14H,2,15-16H2,1H3,(H,28,29)/b27-14-. The van der Waals surface area contributed by atoms with E-state index in [-0.39, 0.29) is 19.0 Å². The highest BCUT2D eigenvalue weighted by Crippen LogP contribution is 2.29. The van der Waals surface area contributed by atoms with Crippen molar-refractivity contribution >= 4 is 23.7 Å². The zero-order chi connectivity index (χ0) is 22.8. The van der Waals surface area contributed by atoms with Crippen LogP contribution in [0.25, 0.3) is 0 Å². The van der Waals surface area contributed by atoms with Gasteiger partial charge in [-0.25, -0.2) is 9.82 Å². The number of benzene rings is 3. The molecule has 3 rings (SSSR count). The van der Waals surface area contributed by atoms with Crippen LogP contribution in [0.15, 0.2) is 71.8 Å². The molecule has 0 aliphatic carbocycles. The number of hydrogen-bond donors (Lipinski definition) is 1. The molecule has 0 saturated heterocycles. The Kier molecular flexibility index (Phi) is 8.45.